The first-order chi connectivity index (χ1) is 8.40. The Balaban J connectivity index is 2.72. The van der Waals surface area contributed by atoms with E-state index in [-0.39, 0.29) is 18.3 Å². The molecule has 1 aromatic rings. The molecule has 1 aromatic carbocycles. The Kier molecular flexibility index (Phi) is 4.53. The fourth-order valence-corrected chi connectivity index (χ4v) is 1.33. The molecule has 0 saturated heterocycles. The normalized spacial score (nSPS) is 10.9. The summed E-state index contributed by atoms with van der Waals surface area (Å²) in [6.07, 6.45) is 0. The molecule has 0 amide bonds. The van der Waals surface area contributed by atoms with Crippen molar-refractivity contribution in [2.45, 2.75) is 13.8 Å². The molecule has 0 aromatic heterocycles. The molecule has 4 nitrogen and oxygen atoms in total. The second kappa shape index (κ2) is 5.71. The van der Waals surface area contributed by atoms with E-state index in [1.165, 1.54) is 32.4 Å². The quantitative estimate of drug-likeness (QED) is 0.759. The van der Waals surface area contributed by atoms with Gasteiger partial charge in [-0.3, -0.25) is 4.79 Å². The van der Waals surface area contributed by atoms with Gasteiger partial charge in [-0.1, -0.05) is 0 Å². The van der Waals surface area contributed by atoms with Gasteiger partial charge in [0.05, 0.1) is 19.6 Å². The molecule has 0 bridgehead atoms. The van der Waals surface area contributed by atoms with Gasteiger partial charge in [0.2, 0.25) is 0 Å². The van der Waals surface area contributed by atoms with Gasteiger partial charge in [-0.05, 0) is 26.0 Å². The van der Waals surface area contributed by atoms with E-state index in [4.69, 9.17) is 9.47 Å². The molecule has 0 spiro atoms. The first-order valence-electron chi connectivity index (χ1n) is 5.45. The molecule has 18 heavy (non-hydrogen) atoms. The molecule has 5 heteroatoms. The average Bonchev–Trinajstić information content (AvgIpc) is 2.36. The molecule has 0 heterocycles. The van der Waals surface area contributed by atoms with Crippen LogP contribution in [0, 0.1) is 11.2 Å². The average molecular weight is 256 g/mol. The van der Waals surface area contributed by atoms with Crippen molar-refractivity contribution in [1.82, 2.24) is 0 Å². The molecule has 0 N–H and O–H groups in total. The number of hydrogen-bond donors (Lipinski definition) is 0. The summed E-state index contributed by atoms with van der Waals surface area (Å²) in [4.78, 5) is 11.4. The number of halogens is 1. The van der Waals surface area contributed by atoms with Crippen molar-refractivity contribution >= 4 is 5.97 Å². The Hall–Kier alpha value is -1.78. The van der Waals surface area contributed by atoms with Crippen molar-refractivity contribution < 1.29 is 23.4 Å². The fourth-order valence-electron chi connectivity index (χ4n) is 1.33. The summed E-state index contributed by atoms with van der Waals surface area (Å²) < 4.78 is 28.1. The third-order valence-corrected chi connectivity index (χ3v) is 2.46. The second-order valence-corrected chi connectivity index (χ2v) is 4.46. The Morgan fingerprint density at radius 2 is 2.00 bits per heavy atom. The van der Waals surface area contributed by atoms with Crippen LogP contribution in [0.15, 0.2) is 18.2 Å². The summed E-state index contributed by atoms with van der Waals surface area (Å²) in [5.41, 5.74) is -0.767. The van der Waals surface area contributed by atoms with E-state index in [9.17, 15) is 9.18 Å². The van der Waals surface area contributed by atoms with Crippen LogP contribution in [-0.4, -0.2) is 26.8 Å². The topological polar surface area (TPSA) is 44.8 Å². The molecular weight excluding hydrogens is 239 g/mol. The molecule has 0 unspecified atom stereocenters. The van der Waals surface area contributed by atoms with Crippen molar-refractivity contribution in [2.75, 3.05) is 20.8 Å². The number of carbonyl (C=O) groups is 1. The molecule has 0 aliphatic heterocycles. The van der Waals surface area contributed by atoms with Crippen molar-refractivity contribution in [1.29, 1.82) is 0 Å². The zero-order chi connectivity index (χ0) is 13.8. The van der Waals surface area contributed by atoms with Crippen LogP contribution in [0.2, 0.25) is 0 Å². The highest BCUT2D eigenvalue weighted by Gasteiger charge is 2.29. The number of hydrogen-bond acceptors (Lipinski definition) is 4. The van der Waals surface area contributed by atoms with Gasteiger partial charge < -0.3 is 14.2 Å². The van der Waals surface area contributed by atoms with Crippen molar-refractivity contribution in [2.24, 2.45) is 5.41 Å². The molecule has 100 valence electrons. The molecule has 0 saturated carbocycles. The van der Waals surface area contributed by atoms with Crippen LogP contribution < -0.4 is 9.47 Å². The highest BCUT2D eigenvalue weighted by Crippen LogP contribution is 2.25. The lowest BCUT2D eigenvalue weighted by Crippen LogP contribution is -2.32. The van der Waals surface area contributed by atoms with Gasteiger partial charge in [-0.15, -0.1) is 0 Å². The number of rotatable bonds is 5. The van der Waals surface area contributed by atoms with E-state index in [1.54, 1.807) is 13.8 Å². The van der Waals surface area contributed by atoms with E-state index in [0.717, 1.165) is 0 Å². The predicted molar refractivity (Wildman–Crippen MR) is 64.2 cm³/mol. The maximum atomic E-state index is 13.2. The molecule has 1 rings (SSSR count). The predicted octanol–water partition coefficient (Wildman–Crippen LogP) is 2.41. The molecule has 0 fully saturated rings. The Morgan fingerprint density at radius 3 is 2.56 bits per heavy atom. The highest BCUT2D eigenvalue weighted by atomic mass is 19.1. The van der Waals surface area contributed by atoms with Crippen molar-refractivity contribution in [3.05, 3.63) is 24.0 Å². The number of benzene rings is 1. The van der Waals surface area contributed by atoms with E-state index < -0.39 is 11.2 Å². The van der Waals surface area contributed by atoms with Crippen LogP contribution >= 0.6 is 0 Å². The lowest BCUT2D eigenvalue weighted by atomic mass is 9.95. The van der Waals surface area contributed by atoms with E-state index in [0.29, 0.717) is 5.75 Å². The number of ether oxygens (including phenoxy) is 3. The van der Waals surface area contributed by atoms with Gasteiger partial charge in [-0.2, -0.15) is 0 Å². The lowest BCUT2D eigenvalue weighted by Gasteiger charge is -2.21. The molecule has 0 aliphatic rings. The van der Waals surface area contributed by atoms with Gasteiger partial charge in [0.1, 0.15) is 12.4 Å². The van der Waals surface area contributed by atoms with Gasteiger partial charge in [-0.25, -0.2) is 4.39 Å². The standard InChI is InChI=1S/C13H17FO4/c1-13(2,12(15)17-4)8-18-9-5-6-10(14)11(7-9)16-3/h5-7H,8H2,1-4H3. The maximum Gasteiger partial charge on any atom is 0.314 e. The number of carbonyl (C=O) groups excluding carboxylic acids is 1. The fraction of sp³-hybridized carbons (Fsp3) is 0.462. The van der Waals surface area contributed by atoms with Gasteiger partial charge in [0, 0.05) is 6.07 Å². The summed E-state index contributed by atoms with van der Waals surface area (Å²) >= 11 is 0. The minimum Gasteiger partial charge on any atom is -0.494 e. The van der Waals surface area contributed by atoms with Crippen LogP contribution in [0.5, 0.6) is 11.5 Å². The molecule has 0 atom stereocenters. The van der Waals surface area contributed by atoms with Crippen molar-refractivity contribution in [3.8, 4) is 11.5 Å². The van der Waals surface area contributed by atoms with Gasteiger partial charge in [0.25, 0.3) is 0 Å². The minimum absolute atomic E-state index is 0.100. The maximum absolute atomic E-state index is 13.2. The van der Waals surface area contributed by atoms with Gasteiger partial charge in [0.15, 0.2) is 11.6 Å². The van der Waals surface area contributed by atoms with Crippen LogP contribution in [0.1, 0.15) is 13.8 Å². The number of esters is 1. The third-order valence-electron chi connectivity index (χ3n) is 2.46. The third kappa shape index (κ3) is 3.35. The largest absolute Gasteiger partial charge is 0.494 e. The Bertz CT molecular complexity index is 429. The zero-order valence-electron chi connectivity index (χ0n) is 11.0. The Labute approximate surface area is 106 Å². The zero-order valence-corrected chi connectivity index (χ0v) is 11.0. The Morgan fingerprint density at radius 1 is 1.33 bits per heavy atom. The van der Waals surface area contributed by atoms with Crippen LogP contribution in [0.4, 0.5) is 4.39 Å². The lowest BCUT2D eigenvalue weighted by molar-refractivity contribution is -0.152. The minimum atomic E-state index is -0.767. The SMILES string of the molecule is COC(=O)C(C)(C)COc1ccc(F)c(OC)c1. The molecule has 0 radical (unpaired) electrons. The van der Waals surface area contributed by atoms with Crippen LogP contribution in [0.25, 0.3) is 0 Å². The van der Waals surface area contributed by atoms with E-state index in [2.05, 4.69) is 4.74 Å². The smallest absolute Gasteiger partial charge is 0.314 e. The first kappa shape index (κ1) is 14.3. The van der Waals surface area contributed by atoms with E-state index in [1.807, 2.05) is 0 Å². The monoisotopic (exact) mass is 256 g/mol. The molecule has 0 aliphatic carbocycles. The van der Waals surface area contributed by atoms with Crippen LogP contribution in [-0.2, 0) is 9.53 Å². The molecular formula is C13H17FO4. The summed E-state index contributed by atoms with van der Waals surface area (Å²) in [7, 11) is 2.70. The van der Waals surface area contributed by atoms with Gasteiger partial charge >= 0.3 is 5.97 Å². The highest BCUT2D eigenvalue weighted by molar-refractivity contribution is 5.75. The number of methoxy groups -OCH3 is 2. The second-order valence-electron chi connectivity index (χ2n) is 4.46. The summed E-state index contributed by atoms with van der Waals surface area (Å²) in [6.45, 7) is 3.55. The summed E-state index contributed by atoms with van der Waals surface area (Å²) in [6, 6.07) is 4.16. The van der Waals surface area contributed by atoms with Crippen molar-refractivity contribution in [3.63, 3.8) is 0 Å². The van der Waals surface area contributed by atoms with Crippen LogP contribution in [0.3, 0.4) is 0 Å². The van der Waals surface area contributed by atoms with E-state index >= 15 is 0 Å². The summed E-state index contributed by atoms with van der Waals surface area (Å²) in [5, 5.41) is 0. The summed E-state index contributed by atoms with van der Waals surface area (Å²) in [5.74, 6) is -0.290. The first-order valence-corrected chi connectivity index (χ1v) is 5.45.